The molecule has 0 bridgehead atoms. The van der Waals surface area contributed by atoms with E-state index in [0.29, 0.717) is 0 Å². The molecule has 0 radical (unpaired) electrons. The van der Waals surface area contributed by atoms with E-state index in [9.17, 15) is 0 Å². The third-order valence-electron chi connectivity index (χ3n) is 0.547. The number of nitrogens with one attached hydrogen (secondary N) is 1. The van der Waals surface area contributed by atoms with Gasteiger partial charge in [0.05, 0.1) is 13.3 Å². The molecule has 0 aromatic carbocycles. The molecule has 0 amide bonds. The zero-order valence-electron chi connectivity index (χ0n) is 4.39. The molecule has 2 N–H and O–H groups in total. The molecule has 38 valence electrons. The maximum atomic E-state index is 8.83. The Morgan fingerprint density at radius 1 is 1.50 bits per heavy atom. The van der Waals surface area contributed by atoms with Crippen LogP contribution in [0.5, 0.6) is 0 Å². The van der Waals surface area contributed by atoms with Crippen molar-refractivity contribution in [2.45, 2.75) is 0 Å². The highest BCUT2D eigenvalue weighted by Crippen LogP contribution is 2.38. The van der Waals surface area contributed by atoms with Crippen LogP contribution in [0.4, 0.5) is 0 Å². The molecule has 3 heteroatoms. The van der Waals surface area contributed by atoms with Gasteiger partial charge in [0.25, 0.3) is 0 Å². The summed E-state index contributed by atoms with van der Waals surface area (Å²) in [6, 6.07) is 0. The molecule has 0 spiro atoms. The first kappa shape index (κ1) is 6.35. The summed E-state index contributed by atoms with van der Waals surface area (Å²) in [7, 11) is 0.111. The standard InChI is InChI=1S/C3H11NOP/c1-4-6(2,3)5/h4-5H,1-3H3/q+1. The lowest BCUT2D eigenvalue weighted by atomic mass is 11.6. The van der Waals surface area contributed by atoms with Gasteiger partial charge in [-0.15, -0.1) is 0 Å². The molecule has 0 fully saturated rings. The normalized spacial score (nSPS) is 12.0. The van der Waals surface area contributed by atoms with E-state index in [1.165, 1.54) is 0 Å². The fraction of sp³-hybridized carbons (Fsp3) is 1.00. The summed E-state index contributed by atoms with van der Waals surface area (Å²) < 4.78 is 0. The average Bonchev–Trinajstić information content (AvgIpc) is 1.35. The van der Waals surface area contributed by atoms with Gasteiger partial charge in [-0.25, -0.2) is 4.89 Å². The highest BCUT2D eigenvalue weighted by atomic mass is 31.2. The fourth-order valence-corrected chi connectivity index (χ4v) is 0. The SMILES string of the molecule is CN[P+](C)(C)O. The molecule has 0 unspecified atom stereocenters. The van der Waals surface area contributed by atoms with Crippen LogP contribution in [-0.4, -0.2) is 25.3 Å². The van der Waals surface area contributed by atoms with Gasteiger partial charge in [-0.05, 0) is 0 Å². The van der Waals surface area contributed by atoms with Crippen LogP contribution in [0.2, 0.25) is 0 Å². The minimum Gasteiger partial charge on any atom is -0.234 e. The van der Waals surface area contributed by atoms with Crippen LogP contribution in [0, 0.1) is 0 Å². The van der Waals surface area contributed by atoms with Gasteiger partial charge in [-0.3, -0.25) is 0 Å². The summed E-state index contributed by atoms with van der Waals surface area (Å²) in [4.78, 5) is 8.83. The molecule has 0 rings (SSSR count). The molecule has 0 aromatic heterocycles. The van der Waals surface area contributed by atoms with Crippen molar-refractivity contribution in [1.82, 2.24) is 5.09 Å². The topological polar surface area (TPSA) is 32.3 Å². The molecule has 0 aliphatic heterocycles. The summed E-state index contributed by atoms with van der Waals surface area (Å²) in [5.41, 5.74) is 0. The van der Waals surface area contributed by atoms with Crippen molar-refractivity contribution < 1.29 is 4.89 Å². The molecule has 0 aliphatic carbocycles. The molecule has 0 atom stereocenters. The first-order valence-electron chi connectivity index (χ1n) is 1.82. The lowest BCUT2D eigenvalue weighted by Crippen LogP contribution is -2.05. The Morgan fingerprint density at radius 2 is 1.67 bits per heavy atom. The molecule has 0 saturated carbocycles. The average molecular weight is 108 g/mol. The Bertz CT molecular complexity index is 40.5. The van der Waals surface area contributed by atoms with Crippen LogP contribution in [-0.2, 0) is 0 Å². The van der Waals surface area contributed by atoms with Gasteiger partial charge >= 0.3 is 0 Å². The fourth-order valence-electron chi connectivity index (χ4n) is 0. The second kappa shape index (κ2) is 1.87. The third kappa shape index (κ3) is 4.35. The van der Waals surface area contributed by atoms with Gasteiger partial charge in [0.15, 0.2) is 0 Å². The Hall–Kier alpha value is 0.350. The minimum absolute atomic E-state index is 1.65. The molecular formula is C3H11NOP+. The van der Waals surface area contributed by atoms with Crippen LogP contribution in [0.25, 0.3) is 0 Å². The number of hydrogen-bond acceptors (Lipinski definition) is 2. The van der Waals surface area contributed by atoms with Gasteiger partial charge in [-0.2, -0.15) is 5.09 Å². The molecule has 2 nitrogen and oxygen atoms in total. The number of rotatable bonds is 1. The van der Waals surface area contributed by atoms with Crippen molar-refractivity contribution in [3.8, 4) is 0 Å². The molecule has 0 heterocycles. The van der Waals surface area contributed by atoms with E-state index in [-0.39, 0.29) is 0 Å². The molecule has 0 aromatic rings. The summed E-state index contributed by atoms with van der Waals surface area (Å²) >= 11 is 0. The summed E-state index contributed by atoms with van der Waals surface area (Å²) in [6.07, 6.45) is 0. The van der Waals surface area contributed by atoms with E-state index < -0.39 is 7.64 Å². The van der Waals surface area contributed by atoms with E-state index in [0.717, 1.165) is 0 Å². The second-order valence-electron chi connectivity index (χ2n) is 1.62. The van der Waals surface area contributed by atoms with E-state index in [1.807, 2.05) is 0 Å². The highest BCUT2D eigenvalue weighted by molar-refractivity contribution is 7.66. The summed E-state index contributed by atoms with van der Waals surface area (Å²) in [6.45, 7) is 3.60. The Morgan fingerprint density at radius 3 is 1.67 bits per heavy atom. The smallest absolute Gasteiger partial charge is 0.203 e. The maximum Gasteiger partial charge on any atom is 0.203 e. The maximum absolute atomic E-state index is 8.83. The van der Waals surface area contributed by atoms with Crippen molar-refractivity contribution in [2.24, 2.45) is 0 Å². The van der Waals surface area contributed by atoms with Gasteiger partial charge in [0, 0.05) is 7.05 Å². The zero-order chi connectivity index (χ0) is 5.21. The predicted octanol–water partition coefficient (Wildman–Crippen LogP) is 0.305. The lowest BCUT2D eigenvalue weighted by Gasteiger charge is -2.03. The minimum atomic E-state index is -1.65. The van der Waals surface area contributed by atoms with E-state index in [1.54, 1.807) is 20.4 Å². The van der Waals surface area contributed by atoms with E-state index >= 15 is 0 Å². The molecule has 6 heavy (non-hydrogen) atoms. The van der Waals surface area contributed by atoms with Crippen molar-refractivity contribution in [2.75, 3.05) is 20.4 Å². The van der Waals surface area contributed by atoms with Gasteiger partial charge in [0.2, 0.25) is 7.64 Å². The van der Waals surface area contributed by atoms with Crippen molar-refractivity contribution in [3.05, 3.63) is 0 Å². The van der Waals surface area contributed by atoms with Gasteiger partial charge < -0.3 is 0 Å². The zero-order valence-corrected chi connectivity index (χ0v) is 5.29. The Kier molecular flexibility index (Phi) is 1.98. The predicted molar refractivity (Wildman–Crippen MR) is 30.0 cm³/mol. The molecular weight excluding hydrogens is 97.0 g/mol. The van der Waals surface area contributed by atoms with Gasteiger partial charge in [-0.1, -0.05) is 0 Å². The van der Waals surface area contributed by atoms with Crippen LogP contribution in [0.1, 0.15) is 0 Å². The monoisotopic (exact) mass is 108 g/mol. The first-order valence-corrected chi connectivity index (χ1v) is 4.45. The number of hydrogen-bond donors (Lipinski definition) is 2. The van der Waals surface area contributed by atoms with E-state index in [4.69, 9.17) is 4.89 Å². The molecule has 0 saturated heterocycles. The van der Waals surface area contributed by atoms with Crippen molar-refractivity contribution in [3.63, 3.8) is 0 Å². The first-order chi connectivity index (χ1) is 2.56. The van der Waals surface area contributed by atoms with Crippen LogP contribution in [0.15, 0.2) is 0 Å². The van der Waals surface area contributed by atoms with Crippen LogP contribution >= 0.6 is 7.64 Å². The van der Waals surface area contributed by atoms with E-state index in [2.05, 4.69) is 5.09 Å². The Balaban J connectivity index is 3.17. The van der Waals surface area contributed by atoms with Crippen molar-refractivity contribution >= 4 is 7.64 Å². The summed E-state index contributed by atoms with van der Waals surface area (Å²) in [5.74, 6) is 0. The quantitative estimate of drug-likeness (QED) is 0.473. The van der Waals surface area contributed by atoms with Crippen molar-refractivity contribution in [1.29, 1.82) is 0 Å². The largest absolute Gasteiger partial charge is 0.234 e. The molecule has 0 aliphatic rings. The second-order valence-corrected chi connectivity index (χ2v) is 4.85. The van der Waals surface area contributed by atoms with Crippen LogP contribution in [0.3, 0.4) is 0 Å². The summed E-state index contributed by atoms with van der Waals surface area (Å²) in [5, 5.41) is 2.77. The Labute approximate surface area is 39.0 Å². The van der Waals surface area contributed by atoms with Gasteiger partial charge in [0.1, 0.15) is 0 Å². The van der Waals surface area contributed by atoms with Crippen LogP contribution < -0.4 is 5.09 Å². The third-order valence-corrected chi connectivity index (χ3v) is 1.64. The highest BCUT2D eigenvalue weighted by Gasteiger charge is 2.14. The lowest BCUT2D eigenvalue weighted by molar-refractivity contribution is 0.602.